The van der Waals surface area contributed by atoms with Gasteiger partial charge in [-0.15, -0.1) is 0 Å². The van der Waals surface area contributed by atoms with Gasteiger partial charge in [-0.2, -0.15) is 11.8 Å². The van der Waals surface area contributed by atoms with Crippen LogP contribution in [0.3, 0.4) is 0 Å². The second kappa shape index (κ2) is 6.79. The predicted molar refractivity (Wildman–Crippen MR) is 81.5 cm³/mol. The maximum Gasteiger partial charge on any atom is 0.247 e. The SMILES string of the molecule is CCC(CSC)N1C(=O)CNC(=O)C1c1ccccc1. The summed E-state index contributed by atoms with van der Waals surface area (Å²) >= 11 is 1.70. The highest BCUT2D eigenvalue weighted by atomic mass is 32.2. The molecular formula is C15H20N2O2S. The number of amides is 2. The Hall–Kier alpha value is -1.49. The zero-order chi connectivity index (χ0) is 14.5. The van der Waals surface area contributed by atoms with Gasteiger partial charge in [-0.1, -0.05) is 37.3 Å². The molecule has 2 amide bonds. The molecule has 0 saturated carbocycles. The van der Waals surface area contributed by atoms with Crippen LogP contribution < -0.4 is 5.32 Å². The van der Waals surface area contributed by atoms with Crippen LogP contribution in [0.2, 0.25) is 0 Å². The maximum absolute atomic E-state index is 12.3. The lowest BCUT2D eigenvalue weighted by molar-refractivity contribution is -0.148. The lowest BCUT2D eigenvalue weighted by atomic mass is 9.99. The highest BCUT2D eigenvalue weighted by molar-refractivity contribution is 7.98. The molecule has 1 N–H and O–H groups in total. The van der Waals surface area contributed by atoms with Gasteiger partial charge in [-0.25, -0.2) is 0 Å². The topological polar surface area (TPSA) is 49.4 Å². The van der Waals surface area contributed by atoms with Crippen molar-refractivity contribution in [2.75, 3.05) is 18.6 Å². The molecule has 0 bridgehead atoms. The zero-order valence-electron chi connectivity index (χ0n) is 11.8. The minimum Gasteiger partial charge on any atom is -0.345 e. The van der Waals surface area contributed by atoms with Gasteiger partial charge in [0.1, 0.15) is 6.04 Å². The Morgan fingerprint density at radius 1 is 1.35 bits per heavy atom. The normalized spacial score (nSPS) is 20.7. The first kappa shape index (κ1) is 14.9. The van der Waals surface area contributed by atoms with E-state index in [1.165, 1.54) is 0 Å². The van der Waals surface area contributed by atoms with E-state index < -0.39 is 6.04 Å². The van der Waals surface area contributed by atoms with Crippen LogP contribution in [-0.2, 0) is 9.59 Å². The number of piperazine rings is 1. The Bertz CT molecular complexity index is 478. The second-order valence-electron chi connectivity index (χ2n) is 4.85. The quantitative estimate of drug-likeness (QED) is 0.900. The van der Waals surface area contributed by atoms with E-state index in [2.05, 4.69) is 12.2 Å². The highest BCUT2D eigenvalue weighted by Crippen LogP contribution is 2.28. The van der Waals surface area contributed by atoms with Crippen LogP contribution in [0.1, 0.15) is 24.9 Å². The maximum atomic E-state index is 12.3. The highest BCUT2D eigenvalue weighted by Gasteiger charge is 2.38. The molecule has 5 heteroatoms. The number of thioether (sulfide) groups is 1. The van der Waals surface area contributed by atoms with E-state index in [4.69, 9.17) is 0 Å². The molecule has 1 aromatic carbocycles. The van der Waals surface area contributed by atoms with Crippen molar-refractivity contribution in [3.8, 4) is 0 Å². The average Bonchev–Trinajstić information content (AvgIpc) is 2.48. The molecule has 0 aliphatic carbocycles. The van der Waals surface area contributed by atoms with Crippen molar-refractivity contribution in [2.24, 2.45) is 0 Å². The third-order valence-electron chi connectivity index (χ3n) is 3.57. The van der Waals surface area contributed by atoms with Crippen LogP contribution in [0.25, 0.3) is 0 Å². The number of carbonyl (C=O) groups excluding carboxylic acids is 2. The van der Waals surface area contributed by atoms with Crippen molar-refractivity contribution in [3.63, 3.8) is 0 Å². The Balaban J connectivity index is 2.36. The van der Waals surface area contributed by atoms with Crippen LogP contribution in [0.4, 0.5) is 0 Å². The van der Waals surface area contributed by atoms with Gasteiger partial charge in [-0.3, -0.25) is 9.59 Å². The van der Waals surface area contributed by atoms with Crippen molar-refractivity contribution >= 4 is 23.6 Å². The van der Waals surface area contributed by atoms with Crippen LogP contribution in [0, 0.1) is 0 Å². The van der Waals surface area contributed by atoms with Crippen LogP contribution >= 0.6 is 11.8 Å². The van der Waals surface area contributed by atoms with Crippen molar-refractivity contribution in [2.45, 2.75) is 25.4 Å². The molecule has 1 aliphatic heterocycles. The fourth-order valence-electron chi connectivity index (χ4n) is 2.57. The average molecular weight is 292 g/mol. The summed E-state index contributed by atoms with van der Waals surface area (Å²) in [6, 6.07) is 9.10. The summed E-state index contributed by atoms with van der Waals surface area (Å²) in [5.41, 5.74) is 0.873. The van der Waals surface area contributed by atoms with E-state index in [1.807, 2.05) is 36.6 Å². The lowest BCUT2D eigenvalue weighted by Crippen LogP contribution is -2.57. The van der Waals surface area contributed by atoms with Crippen LogP contribution in [-0.4, -0.2) is 41.3 Å². The number of benzene rings is 1. The Morgan fingerprint density at radius 3 is 2.65 bits per heavy atom. The molecule has 4 nitrogen and oxygen atoms in total. The van der Waals surface area contributed by atoms with Crippen LogP contribution in [0.15, 0.2) is 30.3 Å². The first-order chi connectivity index (χ1) is 9.69. The first-order valence-electron chi connectivity index (χ1n) is 6.81. The fraction of sp³-hybridized carbons (Fsp3) is 0.467. The van der Waals surface area contributed by atoms with Gasteiger partial charge < -0.3 is 10.2 Å². The number of nitrogens with one attached hydrogen (secondary N) is 1. The van der Waals surface area contributed by atoms with Gasteiger partial charge in [0.15, 0.2) is 0 Å². The number of hydrogen-bond donors (Lipinski definition) is 1. The molecule has 0 aromatic heterocycles. The van der Waals surface area contributed by atoms with Gasteiger partial charge >= 0.3 is 0 Å². The van der Waals surface area contributed by atoms with Crippen molar-refractivity contribution in [1.29, 1.82) is 0 Å². The van der Waals surface area contributed by atoms with E-state index in [0.29, 0.717) is 0 Å². The predicted octanol–water partition coefficient (Wildman–Crippen LogP) is 1.83. The summed E-state index contributed by atoms with van der Waals surface area (Å²) < 4.78 is 0. The molecule has 0 spiro atoms. The third-order valence-corrected chi connectivity index (χ3v) is 4.29. The first-order valence-corrected chi connectivity index (χ1v) is 8.21. The molecule has 1 aliphatic rings. The minimum absolute atomic E-state index is 0.000599. The van der Waals surface area contributed by atoms with Gasteiger partial charge in [-0.05, 0) is 18.2 Å². The van der Waals surface area contributed by atoms with Gasteiger partial charge in [0, 0.05) is 11.8 Å². The van der Waals surface area contributed by atoms with E-state index in [0.717, 1.165) is 17.7 Å². The fourth-order valence-corrected chi connectivity index (χ4v) is 3.35. The molecule has 2 rings (SSSR count). The number of hydrogen-bond acceptors (Lipinski definition) is 3. The van der Waals surface area contributed by atoms with Gasteiger partial charge in [0.05, 0.1) is 6.54 Å². The molecule has 1 aromatic rings. The van der Waals surface area contributed by atoms with Gasteiger partial charge in [0.2, 0.25) is 11.8 Å². The van der Waals surface area contributed by atoms with Crippen molar-refractivity contribution in [1.82, 2.24) is 10.2 Å². The van der Waals surface area contributed by atoms with Crippen molar-refractivity contribution < 1.29 is 9.59 Å². The van der Waals surface area contributed by atoms with E-state index in [9.17, 15) is 9.59 Å². The summed E-state index contributed by atoms with van der Waals surface area (Å²) in [4.78, 5) is 26.3. The molecule has 1 saturated heterocycles. The monoisotopic (exact) mass is 292 g/mol. The van der Waals surface area contributed by atoms with Crippen LogP contribution in [0.5, 0.6) is 0 Å². The van der Waals surface area contributed by atoms with E-state index in [1.54, 1.807) is 16.7 Å². The van der Waals surface area contributed by atoms with E-state index in [-0.39, 0.29) is 24.4 Å². The molecule has 108 valence electrons. The Kier molecular flexibility index (Phi) is 5.06. The molecule has 1 heterocycles. The minimum atomic E-state index is -0.505. The molecular weight excluding hydrogens is 272 g/mol. The van der Waals surface area contributed by atoms with E-state index >= 15 is 0 Å². The molecule has 2 atom stereocenters. The summed E-state index contributed by atoms with van der Waals surface area (Å²) in [7, 11) is 0. The largest absolute Gasteiger partial charge is 0.345 e. The number of nitrogens with zero attached hydrogens (tertiary/aromatic N) is 1. The number of carbonyl (C=O) groups is 2. The smallest absolute Gasteiger partial charge is 0.247 e. The summed E-state index contributed by atoms with van der Waals surface area (Å²) in [5.74, 6) is 0.758. The summed E-state index contributed by atoms with van der Waals surface area (Å²) in [6.45, 7) is 2.16. The van der Waals surface area contributed by atoms with Gasteiger partial charge in [0.25, 0.3) is 0 Å². The Morgan fingerprint density at radius 2 is 2.05 bits per heavy atom. The molecule has 20 heavy (non-hydrogen) atoms. The zero-order valence-corrected chi connectivity index (χ0v) is 12.7. The third kappa shape index (κ3) is 2.98. The number of rotatable bonds is 5. The Labute approximate surface area is 123 Å². The van der Waals surface area contributed by atoms with Crippen molar-refractivity contribution in [3.05, 3.63) is 35.9 Å². The summed E-state index contributed by atoms with van der Waals surface area (Å²) in [6.07, 6.45) is 2.87. The lowest BCUT2D eigenvalue weighted by Gasteiger charge is -2.40. The standard InChI is InChI=1S/C15H20N2O2S/c1-3-12(10-20-2)17-13(18)9-16-15(19)14(17)11-7-5-4-6-8-11/h4-8,12,14H,3,9-10H2,1-2H3,(H,16,19). The molecule has 2 unspecified atom stereocenters. The second-order valence-corrected chi connectivity index (χ2v) is 5.76. The molecule has 0 radical (unpaired) electrons. The molecule has 1 fully saturated rings. The summed E-state index contributed by atoms with van der Waals surface area (Å²) in [5, 5.41) is 2.69.